The van der Waals surface area contributed by atoms with Gasteiger partial charge in [-0.25, -0.2) is 0 Å². The van der Waals surface area contributed by atoms with E-state index in [1.54, 1.807) is 36.4 Å². The van der Waals surface area contributed by atoms with Crippen LogP contribution in [0.15, 0.2) is 72.3 Å². The zero-order chi connectivity index (χ0) is 24.4. The fraction of sp³-hybridized carbons (Fsp3) is 0.154. The third-order valence-electron chi connectivity index (χ3n) is 5.70. The number of halogens is 2. The summed E-state index contributed by atoms with van der Waals surface area (Å²) in [6.45, 7) is 0.204. The number of aliphatic hydroxyl groups is 1. The predicted molar refractivity (Wildman–Crippen MR) is 130 cm³/mol. The molecule has 0 aromatic heterocycles. The summed E-state index contributed by atoms with van der Waals surface area (Å²) in [6.07, 6.45) is 0.458. The zero-order valence-electron chi connectivity index (χ0n) is 18.2. The first-order valence-electron chi connectivity index (χ1n) is 10.5. The van der Waals surface area contributed by atoms with Crippen molar-refractivity contribution < 1.29 is 24.5 Å². The van der Waals surface area contributed by atoms with Crippen LogP contribution in [0, 0.1) is 0 Å². The molecule has 1 atom stereocenters. The highest BCUT2D eigenvalue weighted by atomic mass is 35.5. The van der Waals surface area contributed by atoms with Gasteiger partial charge >= 0.3 is 0 Å². The Hall–Kier alpha value is -3.48. The number of amides is 1. The minimum absolute atomic E-state index is 0.0267. The van der Waals surface area contributed by atoms with Gasteiger partial charge in [0.25, 0.3) is 11.7 Å². The van der Waals surface area contributed by atoms with Crippen LogP contribution in [0.3, 0.4) is 0 Å². The molecule has 4 rings (SSSR count). The second-order valence-electron chi connectivity index (χ2n) is 7.81. The third kappa shape index (κ3) is 4.60. The summed E-state index contributed by atoms with van der Waals surface area (Å²) in [6, 6.07) is 17.2. The number of hydrogen-bond donors (Lipinski definition) is 2. The van der Waals surface area contributed by atoms with Crippen LogP contribution in [0.2, 0.25) is 10.0 Å². The molecule has 0 saturated carbocycles. The molecule has 0 spiro atoms. The van der Waals surface area contributed by atoms with Crippen LogP contribution in [0.4, 0.5) is 0 Å². The first-order chi connectivity index (χ1) is 16.3. The highest BCUT2D eigenvalue weighted by molar-refractivity contribution is 6.46. The fourth-order valence-corrected chi connectivity index (χ4v) is 4.36. The number of methoxy groups -OCH3 is 1. The highest BCUT2D eigenvalue weighted by Crippen LogP contribution is 2.42. The number of ether oxygens (including phenoxy) is 1. The summed E-state index contributed by atoms with van der Waals surface area (Å²) in [4.78, 5) is 27.7. The van der Waals surface area contributed by atoms with Crippen LogP contribution in [0.5, 0.6) is 11.5 Å². The van der Waals surface area contributed by atoms with Gasteiger partial charge < -0.3 is 19.8 Å². The first kappa shape index (κ1) is 23.7. The highest BCUT2D eigenvalue weighted by Gasteiger charge is 2.46. The Morgan fingerprint density at radius 2 is 1.71 bits per heavy atom. The molecule has 1 unspecified atom stereocenters. The van der Waals surface area contributed by atoms with E-state index in [0.717, 1.165) is 5.56 Å². The smallest absolute Gasteiger partial charge is 0.295 e. The molecule has 174 valence electrons. The Kier molecular flexibility index (Phi) is 6.82. The molecule has 1 heterocycles. The van der Waals surface area contributed by atoms with Crippen molar-refractivity contribution in [2.24, 2.45) is 0 Å². The van der Waals surface area contributed by atoms with E-state index in [9.17, 15) is 19.8 Å². The van der Waals surface area contributed by atoms with Crippen LogP contribution < -0.4 is 4.74 Å². The van der Waals surface area contributed by atoms with Crippen molar-refractivity contribution in [2.75, 3.05) is 13.7 Å². The van der Waals surface area contributed by atoms with Gasteiger partial charge in [-0.3, -0.25) is 9.59 Å². The van der Waals surface area contributed by atoms with Crippen LogP contribution in [0.25, 0.3) is 5.76 Å². The zero-order valence-corrected chi connectivity index (χ0v) is 19.7. The number of hydrogen-bond acceptors (Lipinski definition) is 5. The van der Waals surface area contributed by atoms with Crippen LogP contribution >= 0.6 is 23.2 Å². The summed E-state index contributed by atoms with van der Waals surface area (Å²) in [5.74, 6) is -1.71. The molecule has 0 bridgehead atoms. The maximum Gasteiger partial charge on any atom is 0.295 e. The number of Topliss-reactive ketones (excluding diaryl/α,β-unsaturated/α-hetero) is 1. The van der Waals surface area contributed by atoms with E-state index in [0.29, 0.717) is 27.8 Å². The Balaban J connectivity index is 1.82. The molecule has 8 heteroatoms. The average molecular weight is 498 g/mol. The van der Waals surface area contributed by atoms with Crippen molar-refractivity contribution in [3.05, 3.63) is 99.0 Å². The number of likely N-dealkylation sites (tertiary alicyclic amines) is 1. The SMILES string of the molecule is COc1ccc(Cl)cc1/C(O)=C1\C(=O)C(=O)N(CCc2ccc(Cl)cc2)C1c1cccc(O)c1. The van der Waals surface area contributed by atoms with Gasteiger partial charge in [-0.05, 0) is 60.0 Å². The molecule has 3 aromatic rings. The molecule has 1 saturated heterocycles. The van der Waals surface area contributed by atoms with Gasteiger partial charge in [0.2, 0.25) is 0 Å². The molecule has 6 nitrogen and oxygen atoms in total. The number of aliphatic hydroxyl groups excluding tert-OH is 1. The standard InChI is InChI=1S/C26H21Cl2NO5/c1-34-21-10-9-18(28)14-20(21)24(31)22-23(16-3-2-4-19(30)13-16)29(26(33)25(22)32)12-11-15-5-7-17(27)8-6-15/h2-10,13-14,23,30-31H,11-12H2,1H3/b24-22+. The molecule has 1 fully saturated rings. The lowest BCUT2D eigenvalue weighted by Gasteiger charge is -2.25. The molecule has 1 aliphatic rings. The first-order valence-corrected chi connectivity index (χ1v) is 11.2. The number of ketones is 1. The van der Waals surface area contributed by atoms with E-state index in [1.807, 2.05) is 12.1 Å². The Labute approximate surface area is 206 Å². The molecule has 1 amide bonds. The molecule has 2 N–H and O–H groups in total. The van der Waals surface area contributed by atoms with E-state index >= 15 is 0 Å². The van der Waals surface area contributed by atoms with Crippen LogP contribution in [0.1, 0.15) is 22.7 Å². The minimum Gasteiger partial charge on any atom is -0.508 e. The molecule has 1 aliphatic heterocycles. The number of carbonyl (C=O) groups excluding carboxylic acids is 2. The second kappa shape index (κ2) is 9.79. The van der Waals surface area contributed by atoms with Crippen molar-refractivity contribution in [1.29, 1.82) is 0 Å². The molecular formula is C26H21Cl2NO5. The lowest BCUT2D eigenvalue weighted by atomic mass is 9.94. The lowest BCUT2D eigenvalue weighted by molar-refractivity contribution is -0.139. The van der Waals surface area contributed by atoms with Crippen molar-refractivity contribution >= 4 is 40.7 Å². The van der Waals surface area contributed by atoms with Gasteiger partial charge in [0.05, 0.1) is 24.3 Å². The van der Waals surface area contributed by atoms with Gasteiger partial charge in [-0.15, -0.1) is 0 Å². The average Bonchev–Trinajstić information content (AvgIpc) is 3.08. The summed E-state index contributed by atoms with van der Waals surface area (Å²) >= 11 is 12.1. The predicted octanol–water partition coefficient (Wildman–Crippen LogP) is 5.37. The Morgan fingerprint density at radius 1 is 1.00 bits per heavy atom. The fourth-order valence-electron chi connectivity index (χ4n) is 4.06. The topological polar surface area (TPSA) is 87.1 Å². The van der Waals surface area contributed by atoms with Crippen molar-refractivity contribution in [2.45, 2.75) is 12.5 Å². The quantitative estimate of drug-likeness (QED) is 0.271. The van der Waals surface area contributed by atoms with Crippen molar-refractivity contribution in [3.8, 4) is 11.5 Å². The molecule has 0 aliphatic carbocycles. The number of rotatable bonds is 6. The maximum absolute atomic E-state index is 13.2. The van der Waals surface area contributed by atoms with E-state index in [4.69, 9.17) is 27.9 Å². The molecule has 3 aromatic carbocycles. The normalized spacial score (nSPS) is 17.3. The number of benzene rings is 3. The summed E-state index contributed by atoms with van der Waals surface area (Å²) in [5.41, 5.74) is 1.50. The van der Waals surface area contributed by atoms with Gasteiger partial charge in [0.1, 0.15) is 17.3 Å². The van der Waals surface area contributed by atoms with Crippen LogP contribution in [-0.2, 0) is 16.0 Å². The van der Waals surface area contributed by atoms with Gasteiger partial charge in [0.15, 0.2) is 0 Å². The monoisotopic (exact) mass is 497 g/mol. The van der Waals surface area contributed by atoms with E-state index in [2.05, 4.69) is 0 Å². The van der Waals surface area contributed by atoms with Crippen molar-refractivity contribution in [1.82, 2.24) is 4.90 Å². The number of carbonyl (C=O) groups is 2. The summed E-state index contributed by atoms with van der Waals surface area (Å²) in [5, 5.41) is 22.2. The molecule has 0 radical (unpaired) electrons. The second-order valence-corrected chi connectivity index (χ2v) is 8.68. The van der Waals surface area contributed by atoms with E-state index in [-0.39, 0.29) is 23.4 Å². The van der Waals surface area contributed by atoms with Gasteiger partial charge in [-0.2, -0.15) is 0 Å². The maximum atomic E-state index is 13.2. The van der Waals surface area contributed by atoms with E-state index in [1.165, 1.54) is 30.2 Å². The summed E-state index contributed by atoms with van der Waals surface area (Å²) in [7, 11) is 1.43. The Bertz CT molecular complexity index is 1290. The lowest BCUT2D eigenvalue weighted by Crippen LogP contribution is -2.31. The number of nitrogens with zero attached hydrogens (tertiary/aromatic N) is 1. The minimum atomic E-state index is -0.914. The number of aromatic hydroxyl groups is 1. The van der Waals surface area contributed by atoms with Gasteiger partial charge in [-0.1, -0.05) is 47.5 Å². The van der Waals surface area contributed by atoms with Crippen molar-refractivity contribution in [3.63, 3.8) is 0 Å². The largest absolute Gasteiger partial charge is 0.508 e. The Morgan fingerprint density at radius 3 is 2.38 bits per heavy atom. The number of phenols is 1. The van der Waals surface area contributed by atoms with Crippen LogP contribution in [-0.4, -0.2) is 40.5 Å². The summed E-state index contributed by atoms with van der Waals surface area (Å²) < 4.78 is 5.33. The molecule has 34 heavy (non-hydrogen) atoms. The third-order valence-corrected chi connectivity index (χ3v) is 6.18. The number of phenolic OH excluding ortho intramolecular Hbond substituents is 1. The van der Waals surface area contributed by atoms with E-state index < -0.39 is 23.5 Å². The van der Waals surface area contributed by atoms with Gasteiger partial charge in [0, 0.05) is 16.6 Å². The molecular weight excluding hydrogens is 477 g/mol.